The molecule has 0 radical (unpaired) electrons. The largest absolute Gasteiger partial charge is 0.505 e. The number of hydrogen-bond donors (Lipinski definition) is 2. The fraction of sp³-hybridized carbons (Fsp3) is 0.211. The minimum Gasteiger partial charge on any atom is -0.505 e. The standard InChI is InChI=1S/C38H28ClF2N3O5/c39-22-9-7-21(8-10-22)38-29(35(47)44(37(38)49)42-24-13-11-23(40)12-14-24)19-28-26(33(38)20-6-17-31(45)30(41)18-20)15-16-27-32(28)36(48)43(34(27)46)25-4-2-1-3-5-25/h1-15,17-18,27-29,32-33,42,45H,16,19H2/t27-,28+,29-,32-,33-,38+/m0/s1. The molecule has 3 fully saturated rings. The van der Waals surface area contributed by atoms with E-state index in [2.05, 4.69) is 5.43 Å². The number of hydrogen-bond acceptors (Lipinski definition) is 6. The number of hydrazine groups is 1. The molecule has 2 heterocycles. The Bertz CT molecular complexity index is 2070. The Kier molecular flexibility index (Phi) is 7.18. The number of halogens is 3. The van der Waals surface area contributed by atoms with Crippen molar-refractivity contribution in [2.24, 2.45) is 23.7 Å². The zero-order valence-electron chi connectivity index (χ0n) is 25.7. The highest BCUT2D eigenvalue weighted by molar-refractivity contribution is 6.30. The first-order chi connectivity index (χ1) is 23.6. The van der Waals surface area contributed by atoms with Crippen molar-refractivity contribution in [2.75, 3.05) is 10.3 Å². The average Bonchev–Trinajstić information content (AvgIpc) is 3.48. The van der Waals surface area contributed by atoms with Crippen LogP contribution in [0.3, 0.4) is 0 Å². The summed E-state index contributed by atoms with van der Waals surface area (Å²) in [6.45, 7) is 0. The van der Waals surface area contributed by atoms with Gasteiger partial charge >= 0.3 is 0 Å². The number of anilines is 2. The predicted octanol–water partition coefficient (Wildman–Crippen LogP) is 6.51. The Labute approximate surface area is 284 Å². The van der Waals surface area contributed by atoms with E-state index in [1.165, 1.54) is 41.3 Å². The van der Waals surface area contributed by atoms with Crippen molar-refractivity contribution in [1.29, 1.82) is 0 Å². The second-order valence-corrected chi connectivity index (χ2v) is 13.4. The number of benzene rings is 4. The number of phenolic OH excluding ortho intramolecular Hbond substituents is 1. The summed E-state index contributed by atoms with van der Waals surface area (Å²) in [7, 11) is 0. The average molecular weight is 680 g/mol. The lowest BCUT2D eigenvalue weighted by Gasteiger charge is -2.50. The third-order valence-electron chi connectivity index (χ3n) is 10.6. The van der Waals surface area contributed by atoms with Crippen LogP contribution in [0.2, 0.25) is 5.02 Å². The van der Waals surface area contributed by atoms with Crippen LogP contribution in [0, 0.1) is 35.3 Å². The molecular formula is C38H28ClF2N3O5. The van der Waals surface area contributed by atoms with Crippen LogP contribution in [-0.2, 0) is 24.6 Å². The van der Waals surface area contributed by atoms with Gasteiger partial charge in [-0.15, -0.1) is 0 Å². The number of amides is 4. The van der Waals surface area contributed by atoms with Gasteiger partial charge in [-0.05, 0) is 90.6 Å². The number of carbonyl (C=O) groups excluding carboxylic acids is 4. The lowest BCUT2D eigenvalue weighted by Crippen LogP contribution is -2.53. The lowest BCUT2D eigenvalue weighted by atomic mass is 9.49. The van der Waals surface area contributed by atoms with Gasteiger partial charge in [-0.2, -0.15) is 5.01 Å². The van der Waals surface area contributed by atoms with Gasteiger partial charge in [-0.3, -0.25) is 29.5 Å². The number of carbonyl (C=O) groups is 4. The van der Waals surface area contributed by atoms with Crippen LogP contribution in [0.5, 0.6) is 5.75 Å². The van der Waals surface area contributed by atoms with Gasteiger partial charge in [-0.25, -0.2) is 8.78 Å². The molecule has 0 spiro atoms. The third kappa shape index (κ3) is 4.54. The normalized spacial score (nSPS) is 27.5. The Balaban J connectivity index is 1.33. The summed E-state index contributed by atoms with van der Waals surface area (Å²) in [5, 5.41) is 11.5. The van der Waals surface area contributed by atoms with Crippen LogP contribution in [0.1, 0.15) is 29.9 Å². The molecule has 0 unspecified atom stereocenters. The molecule has 11 heteroatoms. The molecule has 4 aromatic rings. The summed E-state index contributed by atoms with van der Waals surface area (Å²) in [5.74, 6) is -8.22. The molecule has 4 aliphatic rings. The van der Waals surface area contributed by atoms with Crippen LogP contribution in [0.4, 0.5) is 20.2 Å². The van der Waals surface area contributed by atoms with Gasteiger partial charge in [0.05, 0.1) is 34.5 Å². The van der Waals surface area contributed by atoms with E-state index in [0.717, 1.165) is 11.1 Å². The number of aromatic hydroxyl groups is 1. The second kappa shape index (κ2) is 11.4. The molecule has 6 atom stereocenters. The Morgan fingerprint density at radius 3 is 2.22 bits per heavy atom. The van der Waals surface area contributed by atoms with Crippen LogP contribution in [0.25, 0.3) is 0 Å². The summed E-state index contributed by atoms with van der Waals surface area (Å²) < 4.78 is 29.0. The smallest absolute Gasteiger partial charge is 0.260 e. The Morgan fingerprint density at radius 1 is 0.816 bits per heavy atom. The molecule has 2 aliphatic carbocycles. The van der Waals surface area contributed by atoms with Crippen molar-refractivity contribution >= 4 is 46.6 Å². The number of para-hydroxylation sites is 1. The van der Waals surface area contributed by atoms with Gasteiger partial charge in [0.2, 0.25) is 11.8 Å². The Morgan fingerprint density at radius 2 is 1.53 bits per heavy atom. The number of allylic oxidation sites excluding steroid dienone is 2. The van der Waals surface area contributed by atoms with E-state index in [4.69, 9.17) is 11.6 Å². The third-order valence-corrected chi connectivity index (χ3v) is 10.8. The monoisotopic (exact) mass is 679 g/mol. The summed E-state index contributed by atoms with van der Waals surface area (Å²) in [5.41, 5.74) is 3.34. The molecular weight excluding hydrogens is 652 g/mol. The first-order valence-electron chi connectivity index (χ1n) is 15.9. The molecule has 1 saturated carbocycles. The van der Waals surface area contributed by atoms with Gasteiger partial charge < -0.3 is 5.11 Å². The molecule has 49 heavy (non-hydrogen) atoms. The number of phenols is 1. The maximum Gasteiger partial charge on any atom is 0.260 e. The molecule has 8 nitrogen and oxygen atoms in total. The van der Waals surface area contributed by atoms with Crippen molar-refractivity contribution in [2.45, 2.75) is 24.2 Å². The van der Waals surface area contributed by atoms with Crippen molar-refractivity contribution in [3.8, 4) is 5.75 Å². The Hall–Kier alpha value is -5.35. The lowest BCUT2D eigenvalue weighted by molar-refractivity contribution is -0.138. The number of rotatable bonds is 5. The van der Waals surface area contributed by atoms with Crippen molar-refractivity contribution < 1.29 is 33.1 Å². The first-order valence-corrected chi connectivity index (χ1v) is 16.3. The molecule has 0 aromatic heterocycles. The molecule has 4 amide bonds. The first kappa shape index (κ1) is 31.0. The van der Waals surface area contributed by atoms with Gasteiger partial charge in [0.15, 0.2) is 11.6 Å². The number of imide groups is 2. The minimum atomic E-state index is -1.65. The summed E-state index contributed by atoms with van der Waals surface area (Å²) in [4.78, 5) is 59.0. The van der Waals surface area contributed by atoms with Crippen molar-refractivity contribution in [3.05, 3.63) is 136 Å². The van der Waals surface area contributed by atoms with Crippen molar-refractivity contribution in [1.82, 2.24) is 5.01 Å². The van der Waals surface area contributed by atoms with E-state index < -0.39 is 70.1 Å². The quantitative estimate of drug-likeness (QED) is 0.184. The fourth-order valence-corrected chi connectivity index (χ4v) is 8.69. The van der Waals surface area contributed by atoms with Crippen LogP contribution in [0.15, 0.2) is 109 Å². The molecule has 4 aromatic carbocycles. The molecule has 0 bridgehead atoms. The van der Waals surface area contributed by atoms with E-state index >= 15 is 9.18 Å². The summed E-state index contributed by atoms with van der Waals surface area (Å²) in [6, 6.07) is 24.2. The van der Waals surface area contributed by atoms with E-state index in [0.29, 0.717) is 27.4 Å². The van der Waals surface area contributed by atoms with E-state index in [1.807, 2.05) is 6.08 Å². The van der Waals surface area contributed by atoms with Gasteiger partial charge in [0.25, 0.3) is 11.8 Å². The highest BCUT2D eigenvalue weighted by Crippen LogP contribution is 2.64. The van der Waals surface area contributed by atoms with E-state index in [1.54, 1.807) is 54.6 Å². The van der Waals surface area contributed by atoms with Crippen LogP contribution in [-0.4, -0.2) is 33.7 Å². The van der Waals surface area contributed by atoms with Gasteiger partial charge in [0, 0.05) is 10.9 Å². The maximum atomic E-state index is 15.2. The minimum absolute atomic E-state index is 0.0422. The SMILES string of the molecule is O=C1[C@@H]2C[C@@H]3C(=CC[C@@H]4C(=O)N(c5ccccc5)C(=O)[C@@H]43)[C@H](c3ccc(O)c(F)c3)[C@]2(c2ccc(Cl)cc2)C(=O)N1Nc1ccc(F)cc1. The molecule has 2 saturated heterocycles. The molecule has 246 valence electrons. The maximum absolute atomic E-state index is 15.2. The van der Waals surface area contributed by atoms with E-state index in [9.17, 15) is 23.9 Å². The summed E-state index contributed by atoms with van der Waals surface area (Å²) in [6.07, 6.45) is 2.10. The molecule has 2 aliphatic heterocycles. The number of nitrogens with one attached hydrogen (secondary N) is 1. The summed E-state index contributed by atoms with van der Waals surface area (Å²) >= 11 is 6.29. The van der Waals surface area contributed by atoms with Gasteiger partial charge in [-0.1, -0.05) is 59.6 Å². The number of nitrogens with zero attached hydrogens (tertiary/aromatic N) is 2. The highest BCUT2D eigenvalue weighted by atomic mass is 35.5. The van der Waals surface area contributed by atoms with Crippen LogP contribution >= 0.6 is 11.6 Å². The van der Waals surface area contributed by atoms with E-state index in [-0.39, 0.29) is 24.4 Å². The van der Waals surface area contributed by atoms with Crippen LogP contribution < -0.4 is 10.3 Å². The molecule has 2 N–H and O–H groups in total. The van der Waals surface area contributed by atoms with Gasteiger partial charge in [0.1, 0.15) is 5.82 Å². The fourth-order valence-electron chi connectivity index (χ4n) is 8.56. The number of fused-ring (bicyclic) bond motifs is 4. The topological polar surface area (TPSA) is 107 Å². The zero-order valence-corrected chi connectivity index (χ0v) is 26.5. The highest BCUT2D eigenvalue weighted by Gasteiger charge is 2.70. The predicted molar refractivity (Wildman–Crippen MR) is 176 cm³/mol. The van der Waals surface area contributed by atoms with Crippen molar-refractivity contribution in [3.63, 3.8) is 0 Å². The second-order valence-electron chi connectivity index (χ2n) is 12.9. The molecule has 8 rings (SSSR count). The zero-order chi connectivity index (χ0) is 34.2.